The molecule has 2 heterocycles. The summed E-state index contributed by atoms with van der Waals surface area (Å²) >= 11 is 1.49. The van der Waals surface area contributed by atoms with Crippen molar-refractivity contribution in [3.63, 3.8) is 0 Å². The predicted molar refractivity (Wildman–Crippen MR) is 109 cm³/mol. The van der Waals surface area contributed by atoms with E-state index in [-0.39, 0.29) is 23.8 Å². The molecule has 2 amide bonds. The predicted octanol–water partition coefficient (Wildman–Crippen LogP) is 1.99. The third kappa shape index (κ3) is 4.26. The van der Waals surface area contributed by atoms with Crippen molar-refractivity contribution >= 4 is 38.2 Å². The maximum Gasteiger partial charge on any atom is 0.257 e. The Morgan fingerprint density at radius 3 is 2.54 bits per heavy atom. The van der Waals surface area contributed by atoms with Gasteiger partial charge in [0.05, 0.1) is 11.8 Å². The molecule has 1 saturated heterocycles. The summed E-state index contributed by atoms with van der Waals surface area (Å²) in [5.41, 5.74) is 1.50. The number of hydrogen-bond donors (Lipinski definition) is 2. The zero-order valence-corrected chi connectivity index (χ0v) is 17.9. The van der Waals surface area contributed by atoms with Gasteiger partial charge in [-0.25, -0.2) is 13.1 Å². The van der Waals surface area contributed by atoms with Crippen molar-refractivity contribution in [1.29, 1.82) is 0 Å². The van der Waals surface area contributed by atoms with Gasteiger partial charge in [-0.05, 0) is 50.0 Å². The molecular weight excluding hydrogens is 398 g/mol. The van der Waals surface area contributed by atoms with E-state index in [4.69, 9.17) is 0 Å². The third-order valence-corrected chi connectivity index (χ3v) is 7.72. The van der Waals surface area contributed by atoms with Crippen LogP contribution in [0.15, 0.2) is 0 Å². The maximum absolute atomic E-state index is 13.3. The molecule has 2 aliphatic carbocycles. The van der Waals surface area contributed by atoms with Crippen LogP contribution < -0.4 is 10.0 Å². The van der Waals surface area contributed by atoms with Crippen molar-refractivity contribution in [2.45, 2.75) is 51.5 Å². The van der Waals surface area contributed by atoms with Crippen LogP contribution in [0.25, 0.3) is 0 Å². The number of likely N-dealkylation sites (tertiary alicyclic amines) is 1. The second kappa shape index (κ2) is 7.42. The lowest BCUT2D eigenvalue weighted by Crippen LogP contribution is -2.38. The van der Waals surface area contributed by atoms with E-state index >= 15 is 0 Å². The zero-order chi connectivity index (χ0) is 20.1. The quantitative estimate of drug-likeness (QED) is 0.754. The van der Waals surface area contributed by atoms with Gasteiger partial charge < -0.3 is 10.2 Å². The van der Waals surface area contributed by atoms with Gasteiger partial charge in [0, 0.05) is 29.9 Å². The van der Waals surface area contributed by atoms with Crippen molar-refractivity contribution < 1.29 is 18.0 Å². The van der Waals surface area contributed by atoms with Crippen LogP contribution in [-0.2, 0) is 27.7 Å². The Balaban J connectivity index is 1.65. The molecule has 2 fully saturated rings. The Bertz CT molecular complexity index is 905. The van der Waals surface area contributed by atoms with E-state index in [2.05, 4.69) is 17.0 Å². The average molecular weight is 426 g/mol. The molecule has 1 aliphatic heterocycles. The highest BCUT2D eigenvalue weighted by molar-refractivity contribution is 7.88. The molecule has 3 aliphatic rings. The minimum atomic E-state index is -3.31. The normalized spacial score (nSPS) is 24.9. The highest BCUT2D eigenvalue weighted by Gasteiger charge is 2.36. The molecule has 1 aromatic rings. The minimum Gasteiger partial charge on any atom is -0.338 e. The molecule has 0 aromatic carbocycles. The first-order valence-electron chi connectivity index (χ1n) is 9.93. The fraction of sp³-hybridized carbons (Fsp3) is 0.684. The van der Waals surface area contributed by atoms with Crippen LogP contribution in [0.4, 0.5) is 5.00 Å². The third-order valence-electron chi connectivity index (χ3n) is 5.75. The van der Waals surface area contributed by atoms with Crippen molar-refractivity contribution in [2.24, 2.45) is 11.8 Å². The van der Waals surface area contributed by atoms with E-state index < -0.39 is 10.0 Å². The number of nitrogens with zero attached hydrogens (tertiary/aromatic N) is 1. The summed E-state index contributed by atoms with van der Waals surface area (Å²) in [6.45, 7) is 3.59. The van der Waals surface area contributed by atoms with Crippen molar-refractivity contribution in [3.8, 4) is 0 Å². The molecule has 2 atom stereocenters. The monoisotopic (exact) mass is 425 g/mol. The smallest absolute Gasteiger partial charge is 0.257 e. The molecule has 1 unspecified atom stereocenters. The summed E-state index contributed by atoms with van der Waals surface area (Å²) in [6.07, 6.45) is 5.86. The van der Waals surface area contributed by atoms with Crippen LogP contribution in [0, 0.1) is 11.8 Å². The number of sulfonamides is 1. The van der Waals surface area contributed by atoms with Gasteiger partial charge in [0.2, 0.25) is 15.9 Å². The van der Waals surface area contributed by atoms with Gasteiger partial charge in [-0.1, -0.05) is 6.92 Å². The molecule has 7 nitrogen and oxygen atoms in total. The Hall–Kier alpha value is -1.45. The number of rotatable bonds is 5. The Morgan fingerprint density at radius 2 is 1.93 bits per heavy atom. The van der Waals surface area contributed by atoms with E-state index in [1.165, 1.54) is 11.3 Å². The number of nitrogens with one attached hydrogen (secondary N) is 2. The molecule has 1 aromatic heterocycles. The molecule has 0 bridgehead atoms. The standard InChI is InChI=1S/C19H27N3O4S2/c1-11-7-8-22(10-11)19(24)16-14-9-13(21-28(2,25)26)5-6-15(14)27-18(16)20-17(23)12-3-4-12/h11-13,21H,3-10H2,1-2H3,(H,20,23)/t11-,13?/m0/s1. The van der Waals surface area contributed by atoms with Gasteiger partial charge in [0.1, 0.15) is 5.00 Å². The first kappa shape index (κ1) is 19.8. The number of hydrogen-bond acceptors (Lipinski definition) is 5. The number of amides is 2. The van der Waals surface area contributed by atoms with Gasteiger partial charge in [-0.2, -0.15) is 0 Å². The Labute approximate surface area is 169 Å². The van der Waals surface area contributed by atoms with Gasteiger partial charge in [0.25, 0.3) is 5.91 Å². The number of fused-ring (bicyclic) bond motifs is 1. The molecule has 28 heavy (non-hydrogen) atoms. The summed E-state index contributed by atoms with van der Waals surface area (Å²) in [5, 5.41) is 3.65. The summed E-state index contributed by atoms with van der Waals surface area (Å²) in [6, 6.07) is -0.215. The zero-order valence-electron chi connectivity index (χ0n) is 16.3. The fourth-order valence-electron chi connectivity index (χ4n) is 4.14. The van der Waals surface area contributed by atoms with E-state index in [9.17, 15) is 18.0 Å². The molecular formula is C19H27N3O4S2. The number of thiophene rings is 1. The SMILES string of the molecule is C[C@H]1CCN(C(=O)c2c(NC(=O)C3CC3)sc3c2CC(NS(C)(=O)=O)CC3)C1. The van der Waals surface area contributed by atoms with Crippen LogP contribution in [0.2, 0.25) is 0 Å². The van der Waals surface area contributed by atoms with Crippen molar-refractivity contribution in [3.05, 3.63) is 16.0 Å². The van der Waals surface area contributed by atoms with Crippen LogP contribution in [0.5, 0.6) is 0 Å². The molecule has 9 heteroatoms. The van der Waals surface area contributed by atoms with Crippen LogP contribution in [0.1, 0.15) is 53.4 Å². The van der Waals surface area contributed by atoms with Crippen molar-refractivity contribution in [1.82, 2.24) is 9.62 Å². The lowest BCUT2D eigenvalue weighted by Gasteiger charge is -2.24. The van der Waals surface area contributed by atoms with E-state index in [0.717, 1.165) is 49.0 Å². The Kier molecular flexibility index (Phi) is 5.26. The maximum atomic E-state index is 13.3. The first-order valence-corrected chi connectivity index (χ1v) is 12.6. The highest BCUT2D eigenvalue weighted by atomic mass is 32.2. The molecule has 1 saturated carbocycles. The van der Waals surface area contributed by atoms with Crippen molar-refractivity contribution in [2.75, 3.05) is 24.7 Å². The lowest BCUT2D eigenvalue weighted by atomic mass is 9.91. The molecule has 0 spiro atoms. The molecule has 4 rings (SSSR count). The van der Waals surface area contributed by atoms with E-state index in [0.29, 0.717) is 35.7 Å². The lowest BCUT2D eigenvalue weighted by molar-refractivity contribution is -0.117. The summed E-state index contributed by atoms with van der Waals surface area (Å²) in [7, 11) is -3.31. The second-order valence-electron chi connectivity index (χ2n) is 8.45. The number of carbonyl (C=O) groups excluding carboxylic acids is 2. The van der Waals surface area contributed by atoms with Crippen LogP contribution >= 0.6 is 11.3 Å². The van der Waals surface area contributed by atoms with Gasteiger partial charge in [-0.3, -0.25) is 9.59 Å². The highest BCUT2D eigenvalue weighted by Crippen LogP contribution is 2.41. The van der Waals surface area contributed by atoms with Crippen LogP contribution in [0.3, 0.4) is 0 Å². The minimum absolute atomic E-state index is 0.00625. The summed E-state index contributed by atoms with van der Waals surface area (Å²) < 4.78 is 26.0. The largest absolute Gasteiger partial charge is 0.338 e. The Morgan fingerprint density at radius 1 is 1.18 bits per heavy atom. The van der Waals surface area contributed by atoms with Gasteiger partial charge in [-0.15, -0.1) is 11.3 Å². The van der Waals surface area contributed by atoms with Gasteiger partial charge in [0.15, 0.2) is 0 Å². The number of anilines is 1. The summed E-state index contributed by atoms with van der Waals surface area (Å²) in [5.74, 6) is 0.498. The average Bonchev–Trinajstić information content (AvgIpc) is 3.28. The topological polar surface area (TPSA) is 95.6 Å². The fourth-order valence-corrected chi connectivity index (χ4v) is 6.18. The molecule has 154 valence electrons. The van der Waals surface area contributed by atoms with Crippen LogP contribution in [-0.4, -0.2) is 50.5 Å². The first-order chi connectivity index (χ1) is 13.2. The van der Waals surface area contributed by atoms with E-state index in [1.54, 1.807) is 0 Å². The molecule has 2 N–H and O–H groups in total. The second-order valence-corrected chi connectivity index (χ2v) is 11.3. The summed E-state index contributed by atoms with van der Waals surface area (Å²) in [4.78, 5) is 28.7. The van der Waals surface area contributed by atoms with E-state index in [1.807, 2.05) is 4.90 Å². The van der Waals surface area contributed by atoms with Gasteiger partial charge >= 0.3 is 0 Å². The molecule has 0 radical (unpaired) electrons. The number of aryl methyl sites for hydroxylation is 1. The number of carbonyl (C=O) groups is 2.